The van der Waals surface area contributed by atoms with E-state index in [-0.39, 0.29) is 17.6 Å². The van der Waals surface area contributed by atoms with E-state index in [4.69, 9.17) is 0 Å². The summed E-state index contributed by atoms with van der Waals surface area (Å²) in [5.74, 6) is 0.0421. The zero-order valence-electron chi connectivity index (χ0n) is 16.8. The van der Waals surface area contributed by atoms with Gasteiger partial charge in [0, 0.05) is 37.2 Å². The van der Waals surface area contributed by atoms with Crippen LogP contribution in [0.1, 0.15) is 51.9 Å². The van der Waals surface area contributed by atoms with E-state index in [1.165, 1.54) is 12.1 Å². The predicted octanol–water partition coefficient (Wildman–Crippen LogP) is 3.66. The molecule has 0 aromatic heterocycles. The molecule has 1 aromatic rings. The Hall–Kier alpha value is -1.95. The van der Waals surface area contributed by atoms with Gasteiger partial charge >= 0.3 is 0 Å². The SMILES string of the molecule is CCCCC(=O)N1CCC(N2CCC(C(=O)Nc3ccc(F)cc3)CC2)CC1. The third-order valence-corrected chi connectivity index (χ3v) is 6.09. The van der Waals surface area contributed by atoms with E-state index in [1.54, 1.807) is 12.1 Å². The van der Waals surface area contributed by atoms with Gasteiger partial charge < -0.3 is 15.1 Å². The van der Waals surface area contributed by atoms with Crippen LogP contribution in [0.2, 0.25) is 0 Å². The van der Waals surface area contributed by atoms with E-state index in [1.807, 2.05) is 4.90 Å². The monoisotopic (exact) mass is 389 g/mol. The number of halogens is 1. The van der Waals surface area contributed by atoms with Gasteiger partial charge in [0.05, 0.1) is 0 Å². The zero-order valence-corrected chi connectivity index (χ0v) is 16.8. The van der Waals surface area contributed by atoms with E-state index in [2.05, 4.69) is 17.1 Å². The van der Waals surface area contributed by atoms with Crippen molar-refractivity contribution < 1.29 is 14.0 Å². The molecule has 154 valence electrons. The average molecular weight is 390 g/mol. The number of unbranched alkanes of at least 4 members (excludes halogenated alkanes) is 1. The summed E-state index contributed by atoms with van der Waals surface area (Å²) < 4.78 is 13.0. The molecule has 0 bridgehead atoms. The fourth-order valence-corrected chi connectivity index (χ4v) is 4.27. The Morgan fingerprint density at radius 2 is 1.68 bits per heavy atom. The van der Waals surface area contributed by atoms with Gasteiger partial charge in [0.15, 0.2) is 0 Å². The second-order valence-electron chi connectivity index (χ2n) is 8.02. The minimum atomic E-state index is -0.301. The van der Waals surface area contributed by atoms with Crippen LogP contribution in [0.4, 0.5) is 10.1 Å². The van der Waals surface area contributed by atoms with Crippen LogP contribution in [0.5, 0.6) is 0 Å². The normalized spacial score (nSPS) is 19.6. The number of carbonyl (C=O) groups is 2. The molecule has 0 aliphatic carbocycles. The number of piperidine rings is 2. The van der Waals surface area contributed by atoms with Crippen LogP contribution < -0.4 is 5.32 Å². The quantitative estimate of drug-likeness (QED) is 0.808. The van der Waals surface area contributed by atoms with Crippen LogP contribution >= 0.6 is 0 Å². The lowest BCUT2D eigenvalue weighted by molar-refractivity contribution is -0.133. The number of hydrogen-bond acceptors (Lipinski definition) is 3. The molecule has 0 unspecified atom stereocenters. The molecule has 3 rings (SSSR count). The Morgan fingerprint density at radius 1 is 1.04 bits per heavy atom. The van der Waals surface area contributed by atoms with Crippen molar-refractivity contribution in [2.75, 3.05) is 31.5 Å². The molecule has 2 aliphatic heterocycles. The fraction of sp³-hybridized carbons (Fsp3) is 0.636. The van der Waals surface area contributed by atoms with E-state index in [0.29, 0.717) is 24.1 Å². The first kappa shape index (κ1) is 20.8. The molecule has 1 aromatic carbocycles. The number of benzene rings is 1. The summed E-state index contributed by atoms with van der Waals surface area (Å²) in [5.41, 5.74) is 0.647. The Kier molecular flexibility index (Phi) is 7.43. The largest absolute Gasteiger partial charge is 0.343 e. The van der Waals surface area contributed by atoms with Crippen LogP contribution in [-0.2, 0) is 9.59 Å². The lowest BCUT2D eigenvalue weighted by Crippen LogP contribution is -2.49. The molecule has 5 nitrogen and oxygen atoms in total. The molecule has 2 fully saturated rings. The fourth-order valence-electron chi connectivity index (χ4n) is 4.27. The van der Waals surface area contributed by atoms with Crippen molar-refractivity contribution in [1.82, 2.24) is 9.80 Å². The number of likely N-dealkylation sites (tertiary alicyclic amines) is 2. The Morgan fingerprint density at radius 3 is 2.29 bits per heavy atom. The van der Waals surface area contributed by atoms with Gasteiger partial charge in [-0.1, -0.05) is 13.3 Å². The second kappa shape index (κ2) is 10.0. The summed E-state index contributed by atoms with van der Waals surface area (Å²) in [6, 6.07) is 6.43. The smallest absolute Gasteiger partial charge is 0.227 e. The van der Waals surface area contributed by atoms with Crippen molar-refractivity contribution in [2.45, 2.75) is 57.9 Å². The van der Waals surface area contributed by atoms with E-state index in [0.717, 1.165) is 64.7 Å². The molecular weight excluding hydrogens is 357 g/mol. The maximum atomic E-state index is 13.0. The standard InChI is InChI=1S/C22H32FN3O2/c1-2-3-4-21(27)26-15-11-20(12-16-26)25-13-9-17(10-14-25)22(28)24-19-7-5-18(23)6-8-19/h5-8,17,20H,2-4,9-16H2,1H3,(H,24,28). The Labute approximate surface area is 167 Å². The van der Waals surface area contributed by atoms with Crippen molar-refractivity contribution >= 4 is 17.5 Å². The second-order valence-corrected chi connectivity index (χ2v) is 8.02. The lowest BCUT2D eigenvalue weighted by atomic mass is 9.92. The van der Waals surface area contributed by atoms with Gasteiger partial charge in [-0.15, -0.1) is 0 Å². The van der Waals surface area contributed by atoms with Gasteiger partial charge in [-0.25, -0.2) is 4.39 Å². The van der Waals surface area contributed by atoms with Gasteiger partial charge in [-0.3, -0.25) is 9.59 Å². The number of hydrogen-bond donors (Lipinski definition) is 1. The summed E-state index contributed by atoms with van der Waals surface area (Å²) in [5, 5.41) is 2.90. The zero-order chi connectivity index (χ0) is 19.9. The highest BCUT2D eigenvalue weighted by atomic mass is 19.1. The third-order valence-electron chi connectivity index (χ3n) is 6.09. The summed E-state index contributed by atoms with van der Waals surface area (Å²) in [6.45, 7) is 5.69. The number of nitrogens with zero attached hydrogens (tertiary/aromatic N) is 2. The molecule has 28 heavy (non-hydrogen) atoms. The molecule has 2 amide bonds. The van der Waals surface area contributed by atoms with Crippen LogP contribution in [0.25, 0.3) is 0 Å². The van der Waals surface area contributed by atoms with Gasteiger partial charge in [-0.2, -0.15) is 0 Å². The molecule has 2 saturated heterocycles. The predicted molar refractivity (Wildman–Crippen MR) is 108 cm³/mol. The van der Waals surface area contributed by atoms with Crippen molar-refractivity contribution in [1.29, 1.82) is 0 Å². The summed E-state index contributed by atoms with van der Waals surface area (Å²) >= 11 is 0. The third kappa shape index (κ3) is 5.53. The number of rotatable bonds is 6. The van der Waals surface area contributed by atoms with Crippen molar-refractivity contribution in [2.24, 2.45) is 5.92 Å². The Balaban J connectivity index is 1.40. The maximum Gasteiger partial charge on any atom is 0.227 e. The summed E-state index contributed by atoms with van der Waals surface area (Å²) in [6.07, 6.45) is 6.48. The number of anilines is 1. The van der Waals surface area contributed by atoms with Crippen LogP contribution in [0.3, 0.4) is 0 Å². The van der Waals surface area contributed by atoms with Crippen molar-refractivity contribution in [3.05, 3.63) is 30.1 Å². The highest BCUT2D eigenvalue weighted by Crippen LogP contribution is 2.25. The minimum absolute atomic E-state index is 0.0111. The molecule has 6 heteroatoms. The summed E-state index contributed by atoms with van der Waals surface area (Å²) in [7, 11) is 0. The maximum absolute atomic E-state index is 13.0. The van der Waals surface area contributed by atoms with E-state index in [9.17, 15) is 14.0 Å². The van der Waals surface area contributed by atoms with Crippen LogP contribution in [-0.4, -0.2) is 53.8 Å². The van der Waals surface area contributed by atoms with Gasteiger partial charge in [0.2, 0.25) is 11.8 Å². The number of carbonyl (C=O) groups excluding carboxylic acids is 2. The van der Waals surface area contributed by atoms with E-state index >= 15 is 0 Å². The average Bonchev–Trinajstić information content (AvgIpc) is 2.74. The first-order valence-electron chi connectivity index (χ1n) is 10.6. The van der Waals surface area contributed by atoms with Crippen LogP contribution in [0.15, 0.2) is 24.3 Å². The first-order chi connectivity index (χ1) is 13.6. The summed E-state index contributed by atoms with van der Waals surface area (Å²) in [4.78, 5) is 29.2. The molecule has 0 atom stereocenters. The van der Waals surface area contributed by atoms with Crippen molar-refractivity contribution in [3.8, 4) is 0 Å². The first-order valence-corrected chi connectivity index (χ1v) is 10.6. The highest BCUT2D eigenvalue weighted by Gasteiger charge is 2.31. The molecule has 0 spiro atoms. The Bertz CT molecular complexity index is 648. The molecule has 1 N–H and O–H groups in total. The molecule has 2 aliphatic rings. The molecule has 0 radical (unpaired) electrons. The molecular formula is C22H32FN3O2. The van der Waals surface area contributed by atoms with Gasteiger partial charge in [0.1, 0.15) is 5.82 Å². The minimum Gasteiger partial charge on any atom is -0.343 e. The van der Waals surface area contributed by atoms with Crippen LogP contribution in [0, 0.1) is 11.7 Å². The van der Waals surface area contributed by atoms with Crippen molar-refractivity contribution in [3.63, 3.8) is 0 Å². The van der Waals surface area contributed by atoms with E-state index < -0.39 is 0 Å². The molecule has 0 saturated carbocycles. The molecule has 2 heterocycles. The number of amides is 2. The lowest BCUT2D eigenvalue weighted by Gasteiger charge is -2.41. The van der Waals surface area contributed by atoms with Gasteiger partial charge in [-0.05, 0) is 69.5 Å². The number of nitrogens with one attached hydrogen (secondary N) is 1. The highest BCUT2D eigenvalue weighted by molar-refractivity contribution is 5.92. The van der Waals surface area contributed by atoms with Gasteiger partial charge in [0.25, 0.3) is 0 Å². The topological polar surface area (TPSA) is 52.7 Å².